The van der Waals surface area contributed by atoms with Gasteiger partial charge in [0.2, 0.25) is 0 Å². The molecule has 78 valence electrons. The van der Waals surface area contributed by atoms with Crippen molar-refractivity contribution in [1.82, 2.24) is 0 Å². The number of anilines is 1. The van der Waals surface area contributed by atoms with Gasteiger partial charge in [0, 0.05) is 4.88 Å². The van der Waals surface area contributed by atoms with Crippen LogP contribution in [-0.2, 0) is 12.8 Å². The molecular weight excluding hydrogens is 202 g/mol. The van der Waals surface area contributed by atoms with Crippen molar-refractivity contribution in [3.63, 3.8) is 0 Å². The fraction of sp³-hybridized carbons (Fsp3) is 0.231. The molecule has 0 amide bonds. The minimum absolute atomic E-state index is 0.926. The van der Waals surface area contributed by atoms with Crippen molar-refractivity contribution < 1.29 is 0 Å². The van der Waals surface area contributed by atoms with E-state index in [-0.39, 0.29) is 0 Å². The molecule has 1 nitrogen and oxygen atoms in total. The Hall–Kier alpha value is -1.28. The predicted molar refractivity (Wildman–Crippen MR) is 67.3 cm³/mol. The van der Waals surface area contributed by atoms with Crippen molar-refractivity contribution in [3.05, 3.63) is 52.4 Å². The Morgan fingerprint density at radius 2 is 1.87 bits per heavy atom. The van der Waals surface area contributed by atoms with Crippen molar-refractivity contribution in [1.29, 1.82) is 0 Å². The molecule has 15 heavy (non-hydrogen) atoms. The molecule has 0 saturated heterocycles. The molecule has 0 fully saturated rings. The second-order valence-electron chi connectivity index (χ2n) is 3.74. The number of benzene rings is 1. The summed E-state index contributed by atoms with van der Waals surface area (Å²) in [5.74, 6) is 0. The van der Waals surface area contributed by atoms with Crippen LogP contribution in [0.25, 0.3) is 0 Å². The molecule has 0 aliphatic carbocycles. The van der Waals surface area contributed by atoms with Gasteiger partial charge in [0.15, 0.2) is 0 Å². The molecule has 0 atom stereocenters. The van der Waals surface area contributed by atoms with E-state index in [2.05, 4.69) is 43.3 Å². The van der Waals surface area contributed by atoms with Crippen molar-refractivity contribution in [2.24, 2.45) is 0 Å². The van der Waals surface area contributed by atoms with Gasteiger partial charge >= 0.3 is 0 Å². The van der Waals surface area contributed by atoms with E-state index >= 15 is 0 Å². The first kappa shape index (κ1) is 10.2. The van der Waals surface area contributed by atoms with E-state index in [4.69, 9.17) is 5.73 Å². The lowest BCUT2D eigenvalue weighted by molar-refractivity contribution is 0.972. The highest BCUT2D eigenvalue weighted by Crippen LogP contribution is 2.24. The molecule has 0 bridgehead atoms. The van der Waals surface area contributed by atoms with Crippen molar-refractivity contribution in [3.8, 4) is 0 Å². The fourth-order valence-electron chi connectivity index (χ4n) is 1.70. The van der Waals surface area contributed by atoms with Gasteiger partial charge in [0.1, 0.15) is 0 Å². The number of rotatable bonds is 3. The highest BCUT2D eigenvalue weighted by atomic mass is 32.1. The summed E-state index contributed by atoms with van der Waals surface area (Å²) < 4.78 is 0. The third-order valence-electron chi connectivity index (χ3n) is 2.52. The molecule has 0 aliphatic heterocycles. The van der Waals surface area contributed by atoms with Gasteiger partial charge < -0.3 is 5.73 Å². The van der Waals surface area contributed by atoms with Crippen molar-refractivity contribution in [2.45, 2.75) is 19.8 Å². The third kappa shape index (κ3) is 2.60. The van der Waals surface area contributed by atoms with Crippen LogP contribution in [0.2, 0.25) is 0 Å². The topological polar surface area (TPSA) is 26.0 Å². The van der Waals surface area contributed by atoms with Crippen molar-refractivity contribution in [2.75, 3.05) is 5.73 Å². The maximum Gasteiger partial charge on any atom is 0.0861 e. The maximum absolute atomic E-state index is 5.77. The maximum atomic E-state index is 5.77. The third-order valence-corrected chi connectivity index (χ3v) is 3.65. The van der Waals surface area contributed by atoms with E-state index in [0.29, 0.717) is 0 Å². The average molecular weight is 217 g/mol. The monoisotopic (exact) mass is 217 g/mol. The first-order valence-corrected chi connectivity index (χ1v) is 5.96. The van der Waals surface area contributed by atoms with Gasteiger partial charge in [-0.15, -0.1) is 11.3 Å². The van der Waals surface area contributed by atoms with Crippen LogP contribution in [0, 0.1) is 6.92 Å². The van der Waals surface area contributed by atoms with Gasteiger partial charge in [-0.25, -0.2) is 0 Å². The van der Waals surface area contributed by atoms with E-state index in [1.165, 1.54) is 16.0 Å². The zero-order valence-electron chi connectivity index (χ0n) is 8.86. The Morgan fingerprint density at radius 1 is 1.13 bits per heavy atom. The summed E-state index contributed by atoms with van der Waals surface area (Å²) in [5.41, 5.74) is 8.49. The summed E-state index contributed by atoms with van der Waals surface area (Å²) in [7, 11) is 0. The van der Waals surface area contributed by atoms with Crippen LogP contribution in [0.15, 0.2) is 36.4 Å². The van der Waals surface area contributed by atoms with Gasteiger partial charge in [-0.05, 0) is 37.0 Å². The number of aryl methyl sites for hydroxylation is 3. The highest BCUT2D eigenvalue weighted by Gasteiger charge is 2.03. The molecule has 0 saturated carbocycles. The summed E-state index contributed by atoms with van der Waals surface area (Å²) >= 11 is 1.71. The summed E-state index contributed by atoms with van der Waals surface area (Å²) in [6, 6.07) is 12.6. The number of nitrogens with two attached hydrogens (primary N) is 1. The minimum Gasteiger partial charge on any atom is -0.391 e. The largest absolute Gasteiger partial charge is 0.391 e. The molecule has 2 aromatic rings. The molecule has 0 aliphatic rings. The van der Waals surface area contributed by atoms with Crippen LogP contribution >= 0.6 is 11.3 Å². The molecule has 0 radical (unpaired) electrons. The number of nitrogen functional groups attached to an aromatic ring is 1. The average Bonchev–Trinajstić information content (AvgIpc) is 2.56. The Balaban J connectivity index is 2.02. The second-order valence-corrected chi connectivity index (χ2v) is 4.91. The van der Waals surface area contributed by atoms with Crippen molar-refractivity contribution >= 4 is 16.3 Å². The van der Waals surface area contributed by atoms with E-state index in [0.717, 1.165) is 17.8 Å². The van der Waals surface area contributed by atoms with Crippen LogP contribution in [0.1, 0.15) is 16.0 Å². The van der Waals surface area contributed by atoms with Crippen LogP contribution in [-0.4, -0.2) is 0 Å². The number of hydrogen-bond donors (Lipinski definition) is 1. The Labute approximate surface area is 94.6 Å². The highest BCUT2D eigenvalue weighted by molar-refractivity contribution is 7.16. The molecule has 1 aromatic carbocycles. The first-order chi connectivity index (χ1) is 7.25. The molecule has 2 heteroatoms. The summed E-state index contributed by atoms with van der Waals surface area (Å²) in [6.45, 7) is 2.13. The van der Waals surface area contributed by atoms with E-state index in [9.17, 15) is 0 Å². The molecule has 1 aromatic heterocycles. The van der Waals surface area contributed by atoms with Crippen LogP contribution < -0.4 is 5.73 Å². The molecule has 2 N–H and O–H groups in total. The lowest BCUT2D eigenvalue weighted by Gasteiger charge is -2.00. The smallest absolute Gasteiger partial charge is 0.0861 e. The zero-order valence-corrected chi connectivity index (χ0v) is 9.68. The van der Waals surface area contributed by atoms with E-state index < -0.39 is 0 Å². The van der Waals surface area contributed by atoms with Crippen LogP contribution in [0.3, 0.4) is 0 Å². The van der Waals surface area contributed by atoms with Crippen LogP contribution in [0.4, 0.5) is 5.00 Å². The van der Waals surface area contributed by atoms with E-state index in [1.54, 1.807) is 11.3 Å². The van der Waals surface area contributed by atoms with Gasteiger partial charge in [-0.3, -0.25) is 0 Å². The SMILES string of the molecule is Cc1cc(N)sc1CCc1ccccc1. The normalized spacial score (nSPS) is 10.5. The lowest BCUT2D eigenvalue weighted by Crippen LogP contribution is -1.89. The first-order valence-electron chi connectivity index (χ1n) is 5.14. The fourth-order valence-corrected chi connectivity index (χ4v) is 2.64. The minimum atomic E-state index is 0.926. The molecule has 1 heterocycles. The zero-order chi connectivity index (χ0) is 10.7. The standard InChI is InChI=1S/C13H15NS/c1-10-9-13(14)15-12(10)8-7-11-5-3-2-4-6-11/h2-6,9H,7-8,14H2,1H3. The Morgan fingerprint density at radius 3 is 2.47 bits per heavy atom. The quantitative estimate of drug-likeness (QED) is 0.837. The number of thiophene rings is 1. The van der Waals surface area contributed by atoms with E-state index in [1.807, 2.05) is 0 Å². The lowest BCUT2D eigenvalue weighted by atomic mass is 10.1. The van der Waals surface area contributed by atoms with Gasteiger partial charge in [0.25, 0.3) is 0 Å². The summed E-state index contributed by atoms with van der Waals surface area (Å²) in [6.07, 6.45) is 2.19. The summed E-state index contributed by atoms with van der Waals surface area (Å²) in [5, 5.41) is 0.926. The Kier molecular flexibility index (Phi) is 3.07. The number of hydrogen-bond acceptors (Lipinski definition) is 2. The molecule has 0 unspecified atom stereocenters. The molecule has 0 spiro atoms. The van der Waals surface area contributed by atoms with Gasteiger partial charge in [-0.2, -0.15) is 0 Å². The predicted octanol–water partition coefficient (Wildman–Crippen LogP) is 3.42. The molecule has 2 rings (SSSR count). The second kappa shape index (κ2) is 4.49. The van der Waals surface area contributed by atoms with Gasteiger partial charge in [0.05, 0.1) is 5.00 Å². The summed E-state index contributed by atoms with van der Waals surface area (Å²) in [4.78, 5) is 1.41. The van der Waals surface area contributed by atoms with Crippen LogP contribution in [0.5, 0.6) is 0 Å². The molecular formula is C13H15NS. The van der Waals surface area contributed by atoms with Gasteiger partial charge in [-0.1, -0.05) is 30.3 Å². The Bertz CT molecular complexity index is 431.